The van der Waals surface area contributed by atoms with E-state index in [-0.39, 0.29) is 11.4 Å². The quantitative estimate of drug-likeness (QED) is 0.298. The van der Waals surface area contributed by atoms with E-state index in [0.717, 1.165) is 37.5 Å². The molecule has 1 unspecified atom stereocenters. The standard InChI is InChI=1S/C18H26FN3.C11H20N2/c1-4-6-10-14(3)22-15(9-5-2)13-20-18(22)21-17-12-8-7-11-16(17)19;1-4-9-12-10(2)13-11(3)7-5-6-8-11/h7-8,11-14H,4-6,9-10H2,1-3H3,(H,20,21);9,13H,2,4-8H2,1,3H3/b;12-9-. The molecule has 0 bridgehead atoms. The molecule has 0 saturated heterocycles. The van der Waals surface area contributed by atoms with Gasteiger partial charge in [0, 0.05) is 23.5 Å². The average molecular weight is 484 g/mol. The van der Waals surface area contributed by atoms with Gasteiger partial charge >= 0.3 is 0 Å². The van der Waals surface area contributed by atoms with E-state index in [1.807, 2.05) is 18.5 Å². The molecule has 5 nitrogen and oxygen atoms in total. The van der Waals surface area contributed by atoms with Crippen LogP contribution < -0.4 is 10.6 Å². The Morgan fingerprint density at radius 3 is 2.57 bits per heavy atom. The van der Waals surface area contributed by atoms with Gasteiger partial charge in [-0.3, -0.25) is 0 Å². The average Bonchev–Trinajstić information content (AvgIpc) is 3.44. The largest absolute Gasteiger partial charge is 0.365 e. The second-order valence-electron chi connectivity index (χ2n) is 9.85. The first-order chi connectivity index (χ1) is 16.8. The van der Waals surface area contributed by atoms with E-state index in [2.05, 4.69) is 66.4 Å². The zero-order valence-corrected chi connectivity index (χ0v) is 22.5. The van der Waals surface area contributed by atoms with Gasteiger partial charge in [-0.2, -0.15) is 0 Å². The van der Waals surface area contributed by atoms with Crippen LogP contribution in [-0.2, 0) is 6.42 Å². The lowest BCUT2D eigenvalue weighted by atomic mass is 10.0. The third-order valence-electron chi connectivity index (χ3n) is 6.50. The number of imidazole rings is 1. The molecule has 1 aliphatic rings. The molecule has 0 spiro atoms. The number of aromatic nitrogens is 2. The van der Waals surface area contributed by atoms with Crippen LogP contribution in [0.2, 0.25) is 0 Å². The molecule has 1 heterocycles. The molecule has 1 aromatic heterocycles. The SMILES string of the molecule is C=C(/N=C\CC)NC1(C)CCCC1.CCCCC(C)n1c(CCC)cnc1Nc1ccccc1F. The Labute approximate surface area is 212 Å². The summed E-state index contributed by atoms with van der Waals surface area (Å²) in [6, 6.07) is 7.08. The molecule has 1 aliphatic carbocycles. The normalized spacial score (nSPS) is 15.5. The van der Waals surface area contributed by atoms with Crippen molar-refractivity contribution in [2.75, 3.05) is 5.32 Å². The summed E-state index contributed by atoms with van der Waals surface area (Å²) in [7, 11) is 0. The molecule has 1 atom stereocenters. The minimum atomic E-state index is -0.254. The van der Waals surface area contributed by atoms with Crippen LogP contribution in [0.4, 0.5) is 16.0 Å². The summed E-state index contributed by atoms with van der Waals surface area (Å²) in [6.45, 7) is 14.8. The maximum absolute atomic E-state index is 13.9. The Kier molecular flexibility index (Phi) is 12.0. The number of halogens is 1. The zero-order chi connectivity index (χ0) is 25.7. The first-order valence-corrected chi connectivity index (χ1v) is 13.4. The van der Waals surface area contributed by atoms with E-state index in [1.165, 1.54) is 50.3 Å². The highest BCUT2D eigenvalue weighted by atomic mass is 19.1. The Morgan fingerprint density at radius 1 is 1.23 bits per heavy atom. The number of hydrogen-bond donors (Lipinski definition) is 2. The lowest BCUT2D eigenvalue weighted by Gasteiger charge is -2.26. The van der Waals surface area contributed by atoms with Crippen molar-refractivity contribution in [1.82, 2.24) is 14.9 Å². The second-order valence-corrected chi connectivity index (χ2v) is 9.85. The van der Waals surface area contributed by atoms with E-state index in [4.69, 9.17) is 0 Å². The number of anilines is 2. The van der Waals surface area contributed by atoms with E-state index >= 15 is 0 Å². The second kappa shape index (κ2) is 14.7. The highest BCUT2D eigenvalue weighted by Gasteiger charge is 2.28. The monoisotopic (exact) mass is 483 g/mol. The van der Waals surface area contributed by atoms with Gasteiger partial charge in [0.05, 0.1) is 11.9 Å². The Hall–Kier alpha value is -2.63. The summed E-state index contributed by atoms with van der Waals surface area (Å²) in [4.78, 5) is 8.71. The maximum Gasteiger partial charge on any atom is 0.207 e. The highest BCUT2D eigenvalue weighted by molar-refractivity contribution is 5.58. The fourth-order valence-electron chi connectivity index (χ4n) is 4.60. The molecule has 2 N–H and O–H groups in total. The van der Waals surface area contributed by atoms with Crippen LogP contribution in [0.25, 0.3) is 0 Å². The molecule has 6 heteroatoms. The molecule has 0 aliphatic heterocycles. The number of aryl methyl sites for hydroxylation is 1. The first-order valence-electron chi connectivity index (χ1n) is 13.4. The number of nitrogens with one attached hydrogen (secondary N) is 2. The van der Waals surface area contributed by atoms with Crippen LogP contribution in [0.15, 0.2) is 47.9 Å². The van der Waals surface area contributed by atoms with Gasteiger partial charge in [0.25, 0.3) is 0 Å². The summed E-state index contributed by atoms with van der Waals surface area (Å²) >= 11 is 0. The van der Waals surface area contributed by atoms with E-state index in [1.54, 1.807) is 12.1 Å². The molecule has 0 amide bonds. The number of hydrogen-bond acceptors (Lipinski definition) is 4. The van der Waals surface area contributed by atoms with Crippen molar-refractivity contribution in [1.29, 1.82) is 0 Å². The van der Waals surface area contributed by atoms with Gasteiger partial charge in [0.1, 0.15) is 11.6 Å². The molecule has 1 saturated carbocycles. The van der Waals surface area contributed by atoms with Gasteiger partial charge in [-0.1, -0.05) is 71.6 Å². The highest BCUT2D eigenvalue weighted by Crippen LogP contribution is 2.30. The predicted octanol–water partition coefficient (Wildman–Crippen LogP) is 8.33. The van der Waals surface area contributed by atoms with E-state index in [0.29, 0.717) is 11.7 Å². The van der Waals surface area contributed by atoms with Crippen LogP contribution in [0.3, 0.4) is 0 Å². The molecule has 2 aromatic rings. The summed E-state index contributed by atoms with van der Waals surface area (Å²) in [5.41, 5.74) is 1.94. The topological polar surface area (TPSA) is 54.2 Å². The Bertz CT molecular complexity index is 927. The summed E-state index contributed by atoms with van der Waals surface area (Å²) in [6.07, 6.45) is 15.5. The van der Waals surface area contributed by atoms with E-state index in [9.17, 15) is 4.39 Å². The summed E-state index contributed by atoms with van der Waals surface area (Å²) < 4.78 is 16.1. The molecular weight excluding hydrogens is 437 g/mol. The van der Waals surface area contributed by atoms with Crippen molar-refractivity contribution < 1.29 is 4.39 Å². The zero-order valence-electron chi connectivity index (χ0n) is 22.5. The summed E-state index contributed by atoms with van der Waals surface area (Å²) in [5.74, 6) is 1.29. The smallest absolute Gasteiger partial charge is 0.207 e. The molecule has 194 valence electrons. The number of rotatable bonds is 12. The van der Waals surface area contributed by atoms with Crippen molar-refractivity contribution in [3.8, 4) is 0 Å². The van der Waals surface area contributed by atoms with Gasteiger partial charge in [-0.05, 0) is 58.1 Å². The van der Waals surface area contributed by atoms with Crippen LogP contribution in [-0.4, -0.2) is 21.3 Å². The molecule has 0 radical (unpaired) electrons. The minimum Gasteiger partial charge on any atom is -0.365 e. The molecule has 3 rings (SSSR count). The fourth-order valence-corrected chi connectivity index (χ4v) is 4.60. The van der Waals surface area contributed by atoms with E-state index < -0.39 is 0 Å². The van der Waals surface area contributed by atoms with Crippen molar-refractivity contribution in [3.05, 3.63) is 54.4 Å². The van der Waals surface area contributed by atoms with Gasteiger partial charge in [0.15, 0.2) is 0 Å². The van der Waals surface area contributed by atoms with Gasteiger partial charge < -0.3 is 15.2 Å². The number of para-hydroxylation sites is 1. The number of nitrogens with zero attached hydrogens (tertiary/aromatic N) is 3. The van der Waals surface area contributed by atoms with Crippen molar-refractivity contribution in [2.24, 2.45) is 4.99 Å². The number of unbranched alkanes of at least 4 members (excludes halogenated alkanes) is 1. The van der Waals surface area contributed by atoms with Crippen LogP contribution >= 0.6 is 0 Å². The lowest BCUT2D eigenvalue weighted by molar-refractivity contribution is 0.401. The van der Waals surface area contributed by atoms with Gasteiger partial charge in [0.2, 0.25) is 5.95 Å². The molecule has 35 heavy (non-hydrogen) atoms. The van der Waals surface area contributed by atoms with Crippen molar-refractivity contribution >= 4 is 17.9 Å². The van der Waals surface area contributed by atoms with Gasteiger partial charge in [-0.15, -0.1) is 0 Å². The van der Waals surface area contributed by atoms with Crippen molar-refractivity contribution in [2.45, 2.75) is 110 Å². The third kappa shape index (κ3) is 9.15. The fraction of sp³-hybridized carbons (Fsp3) is 0.586. The maximum atomic E-state index is 13.9. The van der Waals surface area contributed by atoms with Crippen LogP contribution in [0, 0.1) is 5.82 Å². The van der Waals surface area contributed by atoms with Crippen LogP contribution in [0.1, 0.15) is 104 Å². The molecule has 1 fully saturated rings. The number of benzene rings is 1. The molecular formula is C29H46FN5. The van der Waals surface area contributed by atoms with Crippen molar-refractivity contribution in [3.63, 3.8) is 0 Å². The lowest BCUT2D eigenvalue weighted by Crippen LogP contribution is -2.37. The number of aliphatic imine (C=N–C) groups is 1. The first kappa shape index (κ1) is 28.6. The van der Waals surface area contributed by atoms with Gasteiger partial charge in [-0.25, -0.2) is 14.4 Å². The summed E-state index contributed by atoms with van der Waals surface area (Å²) in [5, 5.41) is 6.55. The minimum absolute atomic E-state index is 0.252. The van der Waals surface area contributed by atoms with Crippen LogP contribution in [0.5, 0.6) is 0 Å². The predicted molar refractivity (Wildman–Crippen MR) is 148 cm³/mol. The third-order valence-corrected chi connectivity index (χ3v) is 6.50. The Morgan fingerprint density at radius 2 is 1.94 bits per heavy atom. The Balaban J connectivity index is 0.000000283. The molecule has 1 aromatic carbocycles.